The minimum absolute atomic E-state index is 0.152. The van der Waals surface area contributed by atoms with Crippen molar-refractivity contribution in [1.82, 2.24) is 9.80 Å². The van der Waals surface area contributed by atoms with Crippen molar-refractivity contribution in [2.24, 2.45) is 10.9 Å². The van der Waals surface area contributed by atoms with E-state index in [-0.39, 0.29) is 5.84 Å². The van der Waals surface area contributed by atoms with E-state index in [2.05, 4.69) is 43.0 Å². The van der Waals surface area contributed by atoms with Crippen LogP contribution in [0.5, 0.6) is 0 Å². The summed E-state index contributed by atoms with van der Waals surface area (Å²) >= 11 is 0. The largest absolute Gasteiger partial charge is 0.409 e. The zero-order chi connectivity index (χ0) is 15.1. The van der Waals surface area contributed by atoms with Crippen molar-refractivity contribution < 1.29 is 5.21 Å². The molecular formula is C15H26N4O. The number of oxime groups is 1. The Morgan fingerprint density at radius 3 is 2.50 bits per heavy atom. The van der Waals surface area contributed by atoms with Crippen molar-refractivity contribution in [3.05, 3.63) is 34.9 Å². The van der Waals surface area contributed by atoms with Crippen LogP contribution in [0.2, 0.25) is 0 Å². The normalized spacial score (nSPS) is 12.4. The van der Waals surface area contributed by atoms with Gasteiger partial charge in [0.1, 0.15) is 0 Å². The van der Waals surface area contributed by atoms with E-state index in [0.29, 0.717) is 0 Å². The molecule has 0 saturated heterocycles. The number of benzene rings is 1. The van der Waals surface area contributed by atoms with Crippen LogP contribution in [0.25, 0.3) is 0 Å². The molecule has 3 N–H and O–H groups in total. The van der Waals surface area contributed by atoms with E-state index in [1.807, 2.05) is 18.2 Å². The first-order valence-electron chi connectivity index (χ1n) is 6.84. The molecule has 0 spiro atoms. The molecular weight excluding hydrogens is 252 g/mol. The Balaban J connectivity index is 2.60. The van der Waals surface area contributed by atoms with Gasteiger partial charge in [-0.15, -0.1) is 0 Å². The predicted octanol–water partition coefficient (Wildman–Crippen LogP) is 1.47. The molecule has 0 heterocycles. The predicted molar refractivity (Wildman–Crippen MR) is 83.2 cm³/mol. The second-order valence-electron chi connectivity index (χ2n) is 5.52. The minimum atomic E-state index is 0.152. The monoisotopic (exact) mass is 278 g/mol. The second-order valence-corrected chi connectivity index (χ2v) is 5.52. The van der Waals surface area contributed by atoms with Crippen molar-refractivity contribution in [3.8, 4) is 0 Å². The fourth-order valence-corrected chi connectivity index (χ4v) is 2.12. The van der Waals surface area contributed by atoms with Gasteiger partial charge in [0.2, 0.25) is 0 Å². The van der Waals surface area contributed by atoms with Gasteiger partial charge >= 0.3 is 0 Å². The lowest BCUT2D eigenvalue weighted by molar-refractivity contribution is 0.294. The molecule has 0 atom stereocenters. The van der Waals surface area contributed by atoms with E-state index < -0.39 is 0 Å². The van der Waals surface area contributed by atoms with Crippen molar-refractivity contribution >= 4 is 5.84 Å². The van der Waals surface area contributed by atoms with Crippen LogP contribution >= 0.6 is 0 Å². The fraction of sp³-hybridized carbons (Fsp3) is 0.533. The summed E-state index contributed by atoms with van der Waals surface area (Å²) in [4.78, 5) is 4.51. The smallest absolute Gasteiger partial charge is 0.170 e. The van der Waals surface area contributed by atoms with Gasteiger partial charge in [0.15, 0.2) is 5.84 Å². The molecule has 0 fully saturated rings. The maximum Gasteiger partial charge on any atom is 0.170 e. The summed E-state index contributed by atoms with van der Waals surface area (Å²) in [6.45, 7) is 5.14. The average Bonchev–Trinajstić information content (AvgIpc) is 2.39. The quantitative estimate of drug-likeness (QED) is 0.343. The summed E-state index contributed by atoms with van der Waals surface area (Å²) in [5, 5.41) is 11.7. The Kier molecular flexibility index (Phi) is 6.48. The molecule has 5 heteroatoms. The minimum Gasteiger partial charge on any atom is -0.409 e. The number of hydrogen-bond acceptors (Lipinski definition) is 4. The maximum absolute atomic E-state index is 8.69. The van der Waals surface area contributed by atoms with Crippen LogP contribution in [0.4, 0.5) is 0 Å². The lowest BCUT2D eigenvalue weighted by atomic mass is 10.0. The highest BCUT2D eigenvalue weighted by Gasteiger charge is 2.06. The molecule has 0 bridgehead atoms. The van der Waals surface area contributed by atoms with Crippen LogP contribution in [0.1, 0.15) is 23.1 Å². The van der Waals surface area contributed by atoms with Gasteiger partial charge < -0.3 is 20.7 Å². The molecule has 1 aromatic carbocycles. The lowest BCUT2D eigenvalue weighted by Gasteiger charge is -2.19. The molecule has 0 aromatic heterocycles. The van der Waals surface area contributed by atoms with E-state index in [1.165, 1.54) is 5.56 Å². The van der Waals surface area contributed by atoms with Gasteiger partial charge in [-0.25, -0.2) is 0 Å². The molecule has 1 rings (SSSR count). The summed E-state index contributed by atoms with van der Waals surface area (Å²) in [5.74, 6) is 0.152. The fourth-order valence-electron chi connectivity index (χ4n) is 2.12. The Bertz CT molecular complexity index is 457. The molecule has 0 amide bonds. The van der Waals surface area contributed by atoms with E-state index >= 15 is 0 Å². The van der Waals surface area contributed by atoms with Gasteiger partial charge in [-0.3, -0.25) is 0 Å². The molecule has 0 aliphatic heterocycles. The Labute approximate surface area is 121 Å². The second kappa shape index (κ2) is 7.87. The highest BCUT2D eigenvalue weighted by molar-refractivity contribution is 5.97. The summed E-state index contributed by atoms with van der Waals surface area (Å²) in [6, 6.07) is 5.90. The first kappa shape index (κ1) is 16.5. The van der Waals surface area contributed by atoms with Crippen LogP contribution in [0, 0.1) is 6.92 Å². The first-order chi connectivity index (χ1) is 9.43. The number of aryl methyl sites for hydroxylation is 1. The van der Waals surface area contributed by atoms with Crippen molar-refractivity contribution in [1.29, 1.82) is 0 Å². The molecule has 0 aliphatic carbocycles. The number of rotatable bonds is 7. The summed E-state index contributed by atoms with van der Waals surface area (Å²) in [6.07, 6.45) is 1.16. The third-order valence-corrected chi connectivity index (χ3v) is 3.33. The standard InChI is InChI=1S/C15H26N4O/c1-12-10-13(15(16)17-20)6-7-14(12)11-19(4)9-5-8-18(2)3/h6-7,10,20H,5,8-9,11H2,1-4H3,(H2,16,17). The first-order valence-corrected chi connectivity index (χ1v) is 6.84. The third kappa shape index (κ3) is 5.19. The van der Waals surface area contributed by atoms with E-state index in [9.17, 15) is 0 Å². The van der Waals surface area contributed by atoms with Crippen LogP contribution in [0.15, 0.2) is 23.4 Å². The maximum atomic E-state index is 8.69. The Hall–Kier alpha value is -1.59. The topological polar surface area (TPSA) is 65.1 Å². The summed E-state index contributed by atoms with van der Waals surface area (Å²) < 4.78 is 0. The van der Waals surface area contributed by atoms with Crippen LogP contribution < -0.4 is 5.73 Å². The average molecular weight is 278 g/mol. The Morgan fingerprint density at radius 2 is 1.95 bits per heavy atom. The van der Waals surface area contributed by atoms with E-state index in [0.717, 1.165) is 37.2 Å². The molecule has 0 aliphatic rings. The van der Waals surface area contributed by atoms with Crippen LogP contribution in [-0.2, 0) is 6.54 Å². The van der Waals surface area contributed by atoms with Gasteiger partial charge in [-0.05, 0) is 64.8 Å². The highest BCUT2D eigenvalue weighted by atomic mass is 16.4. The van der Waals surface area contributed by atoms with E-state index in [1.54, 1.807) is 0 Å². The summed E-state index contributed by atoms with van der Waals surface area (Å²) in [7, 11) is 6.32. The van der Waals surface area contributed by atoms with Gasteiger partial charge in [0.25, 0.3) is 0 Å². The van der Waals surface area contributed by atoms with Gasteiger partial charge in [-0.2, -0.15) is 0 Å². The summed E-state index contributed by atoms with van der Waals surface area (Å²) in [5.41, 5.74) is 8.78. The molecule has 112 valence electrons. The lowest BCUT2D eigenvalue weighted by Crippen LogP contribution is -2.24. The number of amidine groups is 1. The van der Waals surface area contributed by atoms with Gasteiger partial charge in [0.05, 0.1) is 0 Å². The molecule has 1 aromatic rings. The van der Waals surface area contributed by atoms with Crippen molar-refractivity contribution in [2.45, 2.75) is 19.9 Å². The molecule has 0 unspecified atom stereocenters. The van der Waals surface area contributed by atoms with Crippen molar-refractivity contribution in [2.75, 3.05) is 34.2 Å². The highest BCUT2D eigenvalue weighted by Crippen LogP contribution is 2.13. The zero-order valence-corrected chi connectivity index (χ0v) is 12.9. The van der Waals surface area contributed by atoms with Gasteiger partial charge in [0, 0.05) is 12.1 Å². The van der Waals surface area contributed by atoms with Crippen LogP contribution in [-0.4, -0.2) is 55.1 Å². The third-order valence-electron chi connectivity index (χ3n) is 3.33. The SMILES string of the molecule is Cc1cc(/C(N)=N/O)ccc1CN(C)CCCN(C)C. The van der Waals surface area contributed by atoms with Crippen LogP contribution in [0.3, 0.4) is 0 Å². The van der Waals surface area contributed by atoms with Crippen molar-refractivity contribution in [3.63, 3.8) is 0 Å². The number of hydrogen-bond donors (Lipinski definition) is 2. The zero-order valence-electron chi connectivity index (χ0n) is 12.9. The van der Waals surface area contributed by atoms with E-state index in [4.69, 9.17) is 10.9 Å². The Morgan fingerprint density at radius 1 is 1.25 bits per heavy atom. The molecule has 5 nitrogen and oxygen atoms in total. The molecule has 0 radical (unpaired) electrons. The number of nitrogens with zero attached hydrogens (tertiary/aromatic N) is 3. The number of nitrogens with two attached hydrogens (primary N) is 1. The molecule has 0 saturated carbocycles. The molecule has 20 heavy (non-hydrogen) atoms. The van der Waals surface area contributed by atoms with Gasteiger partial charge in [-0.1, -0.05) is 17.3 Å².